The second-order valence-corrected chi connectivity index (χ2v) is 16.8. The molecule has 2 fully saturated rings. The van der Waals surface area contributed by atoms with E-state index in [1.165, 1.54) is 34.4 Å². The van der Waals surface area contributed by atoms with Gasteiger partial charge in [0.15, 0.2) is 0 Å². The summed E-state index contributed by atoms with van der Waals surface area (Å²) < 4.78 is 0. The molecule has 2 atom stereocenters. The third-order valence-electron chi connectivity index (χ3n) is 7.96. The monoisotopic (exact) mass is 526 g/mol. The van der Waals surface area contributed by atoms with Gasteiger partial charge in [-0.1, -0.05) is 67.2 Å². The van der Waals surface area contributed by atoms with Crippen LogP contribution in [0.15, 0.2) is 54.6 Å². The maximum Gasteiger partial charge on any atom is 0.134 e. The molecule has 0 saturated carbocycles. The number of rotatable bonds is 4. The van der Waals surface area contributed by atoms with Crippen molar-refractivity contribution in [3.8, 4) is 22.4 Å². The molecule has 6 nitrogen and oxygen atoms in total. The molecule has 37 heavy (non-hydrogen) atoms. The van der Waals surface area contributed by atoms with E-state index in [0.717, 1.165) is 53.1 Å². The summed E-state index contributed by atoms with van der Waals surface area (Å²) in [7, 11) is -1.15. The Morgan fingerprint density at radius 2 is 1.62 bits per heavy atom. The van der Waals surface area contributed by atoms with Gasteiger partial charge in [0.1, 0.15) is 22.5 Å². The van der Waals surface area contributed by atoms with Gasteiger partial charge in [0.2, 0.25) is 0 Å². The van der Waals surface area contributed by atoms with E-state index < -0.39 is 8.07 Å². The molecule has 0 spiro atoms. The maximum absolute atomic E-state index is 6.53. The Kier molecular flexibility index (Phi) is 5.51. The average Bonchev–Trinajstić information content (AvgIpc) is 3.69. The van der Waals surface area contributed by atoms with Crippen LogP contribution < -0.4 is 10.6 Å². The molecule has 4 N–H and O–H groups in total. The number of fused-ring (bicyclic) bond motifs is 3. The first kappa shape index (κ1) is 23.2. The summed E-state index contributed by atoms with van der Waals surface area (Å²) in [6, 6.07) is 21.4. The van der Waals surface area contributed by atoms with E-state index in [-0.39, 0.29) is 6.04 Å². The molecule has 0 aliphatic carbocycles. The number of nitrogens with one attached hydrogen (secondary N) is 4. The highest BCUT2D eigenvalue weighted by Crippen LogP contribution is 2.34. The normalized spacial score (nSPS) is 21.4. The molecule has 0 radical (unpaired) electrons. The standard InChI is InChI=1S/C29H31ClN6Si/c1-37(2)15-24(32-16-37)29-33-22-12-10-20-14-19(9-11-21(20)26(22)35-29)17-5-7-18(8-6-17)25-27(30)36-28(34-25)23-4-3-13-31-23/h5-12,14,23-24,31-32H,3-4,13,15-16H2,1-2H3,(H,33,35)(H,34,36). The Hall–Kier alpha value is -2.97. The van der Waals surface area contributed by atoms with Gasteiger partial charge >= 0.3 is 0 Å². The third kappa shape index (κ3) is 4.20. The van der Waals surface area contributed by atoms with E-state index in [0.29, 0.717) is 11.2 Å². The summed E-state index contributed by atoms with van der Waals surface area (Å²) in [5.74, 6) is 2.00. The lowest BCUT2D eigenvalue weighted by molar-refractivity contribution is 0.613. The molecular formula is C29H31ClN6Si. The number of aromatic nitrogens is 4. The third-order valence-corrected chi connectivity index (χ3v) is 10.9. The summed E-state index contributed by atoms with van der Waals surface area (Å²) in [5.41, 5.74) is 6.35. The van der Waals surface area contributed by atoms with Crippen molar-refractivity contribution in [2.75, 3.05) is 12.7 Å². The Morgan fingerprint density at radius 3 is 2.38 bits per heavy atom. The molecule has 2 aliphatic rings. The largest absolute Gasteiger partial charge is 0.341 e. The van der Waals surface area contributed by atoms with E-state index in [9.17, 15) is 0 Å². The van der Waals surface area contributed by atoms with Gasteiger partial charge in [-0.2, -0.15) is 0 Å². The van der Waals surface area contributed by atoms with Crippen LogP contribution in [0, 0.1) is 0 Å². The minimum absolute atomic E-state index is 0.267. The topological polar surface area (TPSA) is 81.4 Å². The van der Waals surface area contributed by atoms with Gasteiger partial charge in [0, 0.05) is 10.9 Å². The SMILES string of the molecule is C[Si]1(C)CNC(c2nc3c(ccc4cc(-c5ccc(-c6nc(C7CCCN7)[nH]c6Cl)cc5)ccc43)[nH]2)C1. The van der Waals surface area contributed by atoms with Gasteiger partial charge in [0.25, 0.3) is 0 Å². The Labute approximate surface area is 222 Å². The number of hydrogen-bond donors (Lipinski definition) is 4. The molecule has 2 unspecified atom stereocenters. The molecule has 8 heteroatoms. The molecule has 188 valence electrons. The number of aromatic amines is 2. The molecule has 2 aliphatic heterocycles. The van der Waals surface area contributed by atoms with Crippen LogP contribution in [0.5, 0.6) is 0 Å². The summed E-state index contributed by atoms with van der Waals surface area (Å²) in [5, 5.41) is 10.2. The molecule has 7 rings (SSSR count). The van der Waals surface area contributed by atoms with Crippen molar-refractivity contribution in [3.63, 3.8) is 0 Å². The minimum Gasteiger partial charge on any atom is -0.341 e. The molecular weight excluding hydrogens is 496 g/mol. The van der Waals surface area contributed by atoms with E-state index in [4.69, 9.17) is 21.6 Å². The van der Waals surface area contributed by atoms with Gasteiger partial charge in [-0.3, -0.25) is 0 Å². The number of hydrogen-bond acceptors (Lipinski definition) is 4. The molecule has 2 aromatic heterocycles. The van der Waals surface area contributed by atoms with Crippen molar-refractivity contribution in [2.24, 2.45) is 0 Å². The fraction of sp³-hybridized carbons (Fsp3) is 0.310. The molecule has 5 aromatic rings. The fourth-order valence-electron chi connectivity index (χ4n) is 5.92. The summed E-state index contributed by atoms with van der Waals surface area (Å²) in [4.78, 5) is 16.7. The Balaban J connectivity index is 1.17. The molecule has 4 heterocycles. The van der Waals surface area contributed by atoms with E-state index in [1.807, 2.05) is 0 Å². The number of H-pyrrole nitrogens is 2. The average molecular weight is 527 g/mol. The lowest BCUT2D eigenvalue weighted by Gasteiger charge is -2.11. The van der Waals surface area contributed by atoms with Gasteiger partial charge in [-0.25, -0.2) is 9.97 Å². The first-order valence-corrected chi connectivity index (χ1v) is 17.0. The lowest BCUT2D eigenvalue weighted by Crippen LogP contribution is -2.28. The number of benzene rings is 3. The van der Waals surface area contributed by atoms with Gasteiger partial charge in [-0.05, 0) is 60.2 Å². The van der Waals surface area contributed by atoms with Crippen LogP contribution in [0.25, 0.3) is 44.2 Å². The number of halogens is 1. The zero-order valence-corrected chi connectivity index (χ0v) is 22.9. The van der Waals surface area contributed by atoms with E-state index in [1.54, 1.807) is 0 Å². The smallest absolute Gasteiger partial charge is 0.134 e. The second-order valence-electron chi connectivity index (χ2n) is 11.3. The zero-order valence-electron chi connectivity index (χ0n) is 21.2. The highest BCUT2D eigenvalue weighted by Gasteiger charge is 2.34. The summed E-state index contributed by atoms with van der Waals surface area (Å²) in [6.45, 7) is 5.92. The second kappa shape index (κ2) is 8.81. The van der Waals surface area contributed by atoms with Crippen LogP contribution in [0.1, 0.15) is 36.6 Å². The highest BCUT2D eigenvalue weighted by atomic mass is 35.5. The van der Waals surface area contributed by atoms with Crippen LogP contribution >= 0.6 is 11.6 Å². The van der Waals surface area contributed by atoms with Gasteiger partial charge < -0.3 is 20.6 Å². The Bertz CT molecular complexity index is 1610. The van der Waals surface area contributed by atoms with Crippen molar-refractivity contribution in [2.45, 2.75) is 44.1 Å². The summed E-state index contributed by atoms with van der Waals surface area (Å²) in [6.07, 6.45) is 3.42. The molecule has 0 bridgehead atoms. The molecule has 2 saturated heterocycles. The van der Waals surface area contributed by atoms with Crippen LogP contribution in [-0.2, 0) is 0 Å². The van der Waals surface area contributed by atoms with Gasteiger partial charge in [-0.15, -0.1) is 0 Å². The summed E-state index contributed by atoms with van der Waals surface area (Å²) >= 11 is 6.53. The Morgan fingerprint density at radius 1 is 0.838 bits per heavy atom. The van der Waals surface area contributed by atoms with Crippen molar-refractivity contribution in [1.29, 1.82) is 0 Å². The maximum atomic E-state index is 6.53. The number of imidazole rings is 2. The lowest BCUT2D eigenvalue weighted by atomic mass is 9.99. The zero-order chi connectivity index (χ0) is 25.1. The van der Waals surface area contributed by atoms with E-state index >= 15 is 0 Å². The quantitative estimate of drug-likeness (QED) is 0.195. The minimum atomic E-state index is -1.15. The van der Waals surface area contributed by atoms with Gasteiger partial charge in [0.05, 0.1) is 31.2 Å². The van der Waals surface area contributed by atoms with Crippen molar-refractivity contribution >= 4 is 41.5 Å². The van der Waals surface area contributed by atoms with Crippen molar-refractivity contribution in [1.82, 2.24) is 30.6 Å². The van der Waals surface area contributed by atoms with Crippen molar-refractivity contribution in [3.05, 3.63) is 71.4 Å². The molecule has 0 amide bonds. The predicted octanol–water partition coefficient (Wildman–Crippen LogP) is 6.74. The van der Waals surface area contributed by atoms with Crippen LogP contribution in [-0.4, -0.2) is 40.7 Å². The fourth-order valence-corrected chi connectivity index (χ4v) is 8.55. The predicted molar refractivity (Wildman–Crippen MR) is 155 cm³/mol. The van der Waals surface area contributed by atoms with Crippen LogP contribution in [0.3, 0.4) is 0 Å². The highest BCUT2D eigenvalue weighted by molar-refractivity contribution is 6.78. The van der Waals surface area contributed by atoms with Crippen LogP contribution in [0.4, 0.5) is 0 Å². The van der Waals surface area contributed by atoms with Crippen LogP contribution in [0.2, 0.25) is 24.3 Å². The first-order valence-electron chi connectivity index (χ1n) is 13.2. The first-order chi connectivity index (χ1) is 17.9. The number of nitrogens with zero attached hydrogens (tertiary/aromatic N) is 2. The molecule has 3 aromatic carbocycles. The van der Waals surface area contributed by atoms with Crippen molar-refractivity contribution < 1.29 is 0 Å². The van der Waals surface area contributed by atoms with E-state index in [2.05, 4.69) is 88.3 Å².